The van der Waals surface area contributed by atoms with Crippen LogP contribution in [-0.4, -0.2) is 10.9 Å². The standard InChI is InChI=1S/C15H13Cl2NO2/c1-9(2)18-14(6-3-10(8-19)15(18)20)12-5-4-11(16)7-13(12)17/h3-9H,1-2H3. The summed E-state index contributed by atoms with van der Waals surface area (Å²) < 4.78 is 1.55. The Morgan fingerprint density at radius 1 is 1.15 bits per heavy atom. The second-order valence-corrected chi connectivity index (χ2v) is 5.53. The Hall–Kier alpha value is -1.58. The predicted molar refractivity (Wildman–Crippen MR) is 81.9 cm³/mol. The van der Waals surface area contributed by atoms with Gasteiger partial charge in [0.25, 0.3) is 5.56 Å². The first kappa shape index (κ1) is 14.8. The molecule has 2 rings (SSSR count). The number of aldehydes is 1. The van der Waals surface area contributed by atoms with Crippen LogP contribution >= 0.6 is 23.2 Å². The summed E-state index contributed by atoms with van der Waals surface area (Å²) in [5.74, 6) is 0. The second-order valence-electron chi connectivity index (χ2n) is 4.68. The minimum absolute atomic E-state index is 0.0934. The van der Waals surface area contributed by atoms with Crippen LogP contribution in [0.2, 0.25) is 10.0 Å². The van der Waals surface area contributed by atoms with Crippen molar-refractivity contribution in [2.75, 3.05) is 0 Å². The van der Waals surface area contributed by atoms with Gasteiger partial charge in [-0.05, 0) is 44.2 Å². The maximum absolute atomic E-state index is 12.3. The topological polar surface area (TPSA) is 39.1 Å². The molecule has 0 radical (unpaired) electrons. The molecule has 0 atom stereocenters. The van der Waals surface area contributed by atoms with Gasteiger partial charge < -0.3 is 4.57 Å². The van der Waals surface area contributed by atoms with Crippen LogP contribution in [0.15, 0.2) is 35.1 Å². The highest BCUT2D eigenvalue weighted by Gasteiger charge is 2.14. The zero-order chi connectivity index (χ0) is 14.9. The molecule has 0 aliphatic rings. The predicted octanol–water partition coefficient (Wildman–Crippen LogP) is 4.22. The van der Waals surface area contributed by atoms with Gasteiger partial charge >= 0.3 is 0 Å². The highest BCUT2D eigenvalue weighted by molar-refractivity contribution is 6.36. The Balaban J connectivity index is 2.77. The third-order valence-corrected chi connectivity index (χ3v) is 3.54. The van der Waals surface area contributed by atoms with Crippen LogP contribution in [0.1, 0.15) is 30.2 Å². The van der Waals surface area contributed by atoms with Gasteiger partial charge in [0, 0.05) is 16.6 Å². The quantitative estimate of drug-likeness (QED) is 0.796. The van der Waals surface area contributed by atoms with Crippen molar-refractivity contribution in [1.82, 2.24) is 4.57 Å². The first-order chi connectivity index (χ1) is 9.45. The molecule has 0 saturated carbocycles. The Bertz CT molecular complexity index is 720. The molecule has 1 aromatic heterocycles. The molecule has 104 valence electrons. The normalized spacial score (nSPS) is 10.8. The molecule has 0 spiro atoms. The van der Waals surface area contributed by atoms with E-state index in [0.717, 1.165) is 0 Å². The van der Waals surface area contributed by atoms with Gasteiger partial charge in [-0.15, -0.1) is 0 Å². The summed E-state index contributed by atoms with van der Waals surface area (Å²) in [6.45, 7) is 3.76. The molecular formula is C15H13Cl2NO2. The number of rotatable bonds is 3. The van der Waals surface area contributed by atoms with Gasteiger partial charge in [-0.1, -0.05) is 23.2 Å². The van der Waals surface area contributed by atoms with Crippen LogP contribution in [0, 0.1) is 0 Å². The average molecular weight is 310 g/mol. The van der Waals surface area contributed by atoms with Crippen LogP contribution in [0.5, 0.6) is 0 Å². The number of pyridine rings is 1. The van der Waals surface area contributed by atoms with Gasteiger partial charge in [0.15, 0.2) is 6.29 Å². The molecule has 0 saturated heterocycles. The molecule has 0 aliphatic heterocycles. The van der Waals surface area contributed by atoms with Crippen LogP contribution in [0.25, 0.3) is 11.3 Å². The van der Waals surface area contributed by atoms with Crippen molar-refractivity contribution in [3.8, 4) is 11.3 Å². The van der Waals surface area contributed by atoms with E-state index in [0.29, 0.717) is 27.6 Å². The Morgan fingerprint density at radius 2 is 1.85 bits per heavy atom. The molecule has 0 N–H and O–H groups in total. The zero-order valence-corrected chi connectivity index (χ0v) is 12.6. The fraction of sp³-hybridized carbons (Fsp3) is 0.200. The van der Waals surface area contributed by atoms with Crippen LogP contribution in [0.4, 0.5) is 0 Å². The molecule has 0 aliphatic carbocycles. The number of hydrogen-bond acceptors (Lipinski definition) is 2. The molecule has 0 fully saturated rings. The van der Waals surface area contributed by atoms with Crippen LogP contribution in [-0.2, 0) is 0 Å². The molecule has 0 bridgehead atoms. The van der Waals surface area contributed by atoms with Crippen LogP contribution in [0.3, 0.4) is 0 Å². The summed E-state index contributed by atoms with van der Waals surface area (Å²) >= 11 is 12.1. The van der Waals surface area contributed by atoms with E-state index in [4.69, 9.17) is 23.2 Å². The van der Waals surface area contributed by atoms with Gasteiger partial charge in [0.05, 0.1) is 16.3 Å². The summed E-state index contributed by atoms with van der Waals surface area (Å²) in [6, 6.07) is 8.24. The molecule has 1 aromatic carbocycles. The first-order valence-electron chi connectivity index (χ1n) is 6.12. The third kappa shape index (κ3) is 2.65. The lowest BCUT2D eigenvalue weighted by Gasteiger charge is -2.18. The first-order valence-corrected chi connectivity index (χ1v) is 6.87. The van der Waals surface area contributed by atoms with Crippen molar-refractivity contribution in [1.29, 1.82) is 0 Å². The number of benzene rings is 1. The second kappa shape index (κ2) is 5.81. The Morgan fingerprint density at radius 3 is 2.40 bits per heavy atom. The van der Waals surface area contributed by atoms with Gasteiger partial charge in [0.1, 0.15) is 0 Å². The molecule has 3 nitrogen and oxygen atoms in total. The van der Waals surface area contributed by atoms with Gasteiger partial charge in [-0.2, -0.15) is 0 Å². The largest absolute Gasteiger partial charge is 0.305 e. The smallest absolute Gasteiger partial charge is 0.261 e. The Labute approximate surface area is 126 Å². The molecule has 1 heterocycles. The summed E-state index contributed by atoms with van der Waals surface area (Å²) in [5, 5.41) is 0.992. The van der Waals surface area contributed by atoms with Gasteiger partial charge in [0.2, 0.25) is 0 Å². The van der Waals surface area contributed by atoms with Gasteiger partial charge in [-0.3, -0.25) is 9.59 Å². The zero-order valence-electron chi connectivity index (χ0n) is 11.1. The van der Waals surface area contributed by atoms with E-state index in [2.05, 4.69) is 0 Å². The molecule has 0 amide bonds. The summed E-state index contributed by atoms with van der Waals surface area (Å²) in [7, 11) is 0. The number of carbonyl (C=O) groups is 1. The minimum atomic E-state index is -0.321. The monoisotopic (exact) mass is 309 g/mol. The summed E-state index contributed by atoms with van der Waals surface area (Å²) in [4.78, 5) is 23.2. The highest BCUT2D eigenvalue weighted by Crippen LogP contribution is 2.30. The molecule has 5 heteroatoms. The lowest BCUT2D eigenvalue weighted by molar-refractivity contribution is 0.112. The fourth-order valence-electron chi connectivity index (χ4n) is 2.09. The maximum atomic E-state index is 12.3. The number of carbonyl (C=O) groups excluding carboxylic acids is 1. The molecule has 0 unspecified atom stereocenters. The van der Waals surface area contributed by atoms with E-state index < -0.39 is 0 Å². The minimum Gasteiger partial charge on any atom is -0.305 e. The number of aromatic nitrogens is 1. The highest BCUT2D eigenvalue weighted by atomic mass is 35.5. The van der Waals surface area contributed by atoms with Crippen molar-refractivity contribution in [2.24, 2.45) is 0 Å². The molecule has 2 aromatic rings. The van der Waals surface area contributed by atoms with Crippen molar-refractivity contribution in [3.63, 3.8) is 0 Å². The lowest BCUT2D eigenvalue weighted by atomic mass is 10.1. The number of halogens is 2. The molecule has 20 heavy (non-hydrogen) atoms. The SMILES string of the molecule is CC(C)n1c(-c2ccc(Cl)cc2Cl)ccc(C=O)c1=O. The average Bonchev–Trinajstić information content (AvgIpc) is 2.38. The van der Waals surface area contributed by atoms with Crippen molar-refractivity contribution in [2.45, 2.75) is 19.9 Å². The van der Waals surface area contributed by atoms with Gasteiger partial charge in [-0.25, -0.2) is 0 Å². The summed E-state index contributed by atoms with van der Waals surface area (Å²) in [5.41, 5.74) is 1.18. The number of hydrogen-bond donors (Lipinski definition) is 0. The van der Waals surface area contributed by atoms with Crippen molar-refractivity contribution < 1.29 is 4.79 Å². The number of nitrogens with zero attached hydrogens (tertiary/aromatic N) is 1. The van der Waals surface area contributed by atoms with E-state index in [1.54, 1.807) is 28.8 Å². The van der Waals surface area contributed by atoms with Crippen molar-refractivity contribution >= 4 is 29.5 Å². The third-order valence-electron chi connectivity index (χ3n) is 3.00. The maximum Gasteiger partial charge on any atom is 0.261 e. The lowest BCUT2D eigenvalue weighted by Crippen LogP contribution is -2.26. The van der Waals surface area contributed by atoms with E-state index in [-0.39, 0.29) is 17.2 Å². The summed E-state index contributed by atoms with van der Waals surface area (Å²) in [6.07, 6.45) is 0.564. The van der Waals surface area contributed by atoms with E-state index in [1.165, 1.54) is 6.07 Å². The van der Waals surface area contributed by atoms with E-state index in [9.17, 15) is 9.59 Å². The Kier molecular flexibility index (Phi) is 4.31. The fourth-order valence-corrected chi connectivity index (χ4v) is 2.59. The van der Waals surface area contributed by atoms with E-state index in [1.807, 2.05) is 13.8 Å². The molecular weight excluding hydrogens is 297 g/mol. The van der Waals surface area contributed by atoms with Crippen LogP contribution < -0.4 is 5.56 Å². The van der Waals surface area contributed by atoms with E-state index >= 15 is 0 Å². The van der Waals surface area contributed by atoms with Crippen molar-refractivity contribution in [3.05, 3.63) is 56.3 Å².